The molecule has 6 heteroatoms. The molecule has 6 nitrogen and oxygen atoms in total. The highest BCUT2D eigenvalue weighted by Gasteiger charge is 2.44. The van der Waals surface area contributed by atoms with E-state index in [1.807, 2.05) is 6.92 Å². The first-order valence-corrected chi connectivity index (χ1v) is 9.95. The van der Waals surface area contributed by atoms with Crippen LogP contribution in [0, 0.1) is 5.92 Å². The molecule has 1 aromatic carbocycles. The maximum atomic E-state index is 12.6. The summed E-state index contributed by atoms with van der Waals surface area (Å²) in [7, 11) is 0. The van der Waals surface area contributed by atoms with Crippen LogP contribution in [0.4, 0.5) is 4.79 Å². The second-order valence-corrected chi connectivity index (χ2v) is 7.90. The molecule has 26 heavy (non-hydrogen) atoms. The van der Waals surface area contributed by atoms with Crippen molar-refractivity contribution in [3.05, 3.63) is 23.3 Å². The maximum absolute atomic E-state index is 12.6. The van der Waals surface area contributed by atoms with Crippen molar-refractivity contribution in [3.8, 4) is 11.5 Å². The van der Waals surface area contributed by atoms with E-state index in [0.717, 1.165) is 50.4 Å². The number of fused-ring (bicyclic) bond motifs is 5. The topological polar surface area (TPSA) is 54.0 Å². The predicted molar refractivity (Wildman–Crippen MR) is 97.5 cm³/mol. The summed E-state index contributed by atoms with van der Waals surface area (Å²) >= 11 is 0. The Kier molecular flexibility index (Phi) is 3.96. The van der Waals surface area contributed by atoms with Crippen LogP contribution < -0.4 is 14.8 Å². The number of nitrogens with one attached hydrogen (secondary N) is 1. The zero-order valence-electron chi connectivity index (χ0n) is 15.4. The number of benzene rings is 1. The third-order valence-corrected chi connectivity index (χ3v) is 6.54. The molecule has 140 valence electrons. The summed E-state index contributed by atoms with van der Waals surface area (Å²) < 4.78 is 11.2. The van der Waals surface area contributed by atoms with Crippen molar-refractivity contribution in [3.63, 3.8) is 0 Å². The summed E-state index contributed by atoms with van der Waals surface area (Å²) in [5.74, 6) is 2.35. The van der Waals surface area contributed by atoms with Crippen LogP contribution >= 0.6 is 0 Å². The van der Waals surface area contributed by atoms with Gasteiger partial charge in [0.2, 0.25) is 6.79 Å². The van der Waals surface area contributed by atoms with Gasteiger partial charge >= 0.3 is 6.03 Å². The van der Waals surface area contributed by atoms with Crippen LogP contribution in [0.5, 0.6) is 11.5 Å². The number of hydrogen-bond donors (Lipinski definition) is 1. The van der Waals surface area contributed by atoms with Gasteiger partial charge in [0.05, 0.1) is 0 Å². The van der Waals surface area contributed by atoms with Crippen LogP contribution in [0.25, 0.3) is 0 Å². The van der Waals surface area contributed by atoms with E-state index in [1.54, 1.807) is 0 Å². The molecular formula is C20H27N3O3. The Hall–Kier alpha value is -1.95. The lowest BCUT2D eigenvalue weighted by Crippen LogP contribution is -2.59. The van der Waals surface area contributed by atoms with Crippen LogP contribution in [0.3, 0.4) is 0 Å². The fourth-order valence-electron chi connectivity index (χ4n) is 5.34. The molecule has 4 heterocycles. The Morgan fingerprint density at radius 3 is 2.96 bits per heavy atom. The molecular weight excluding hydrogens is 330 g/mol. The third kappa shape index (κ3) is 2.54. The van der Waals surface area contributed by atoms with Gasteiger partial charge in [-0.1, -0.05) is 0 Å². The molecule has 0 aromatic heterocycles. The van der Waals surface area contributed by atoms with Crippen LogP contribution in [-0.4, -0.2) is 54.8 Å². The zero-order chi connectivity index (χ0) is 17.7. The summed E-state index contributed by atoms with van der Waals surface area (Å²) in [4.78, 5) is 17.3. The first-order chi connectivity index (χ1) is 12.7. The van der Waals surface area contributed by atoms with Crippen LogP contribution in [0.2, 0.25) is 0 Å². The lowest BCUT2D eigenvalue weighted by molar-refractivity contribution is 0.00579. The maximum Gasteiger partial charge on any atom is 0.317 e. The molecule has 3 unspecified atom stereocenters. The van der Waals surface area contributed by atoms with Gasteiger partial charge < -0.3 is 19.7 Å². The molecule has 2 fully saturated rings. The highest BCUT2D eigenvalue weighted by atomic mass is 16.7. The van der Waals surface area contributed by atoms with E-state index in [1.165, 1.54) is 17.5 Å². The first-order valence-electron chi connectivity index (χ1n) is 9.95. The molecule has 1 aromatic rings. The van der Waals surface area contributed by atoms with E-state index in [9.17, 15) is 4.79 Å². The Bertz CT molecular complexity index is 722. The number of likely N-dealkylation sites (tertiary alicyclic amines) is 1. The van der Waals surface area contributed by atoms with Crippen molar-refractivity contribution in [1.29, 1.82) is 0 Å². The summed E-state index contributed by atoms with van der Waals surface area (Å²) in [6.07, 6.45) is 4.44. The number of piperidine rings is 2. The molecule has 5 rings (SSSR count). The second kappa shape index (κ2) is 6.34. The van der Waals surface area contributed by atoms with Crippen molar-refractivity contribution in [2.45, 2.75) is 44.7 Å². The average molecular weight is 357 g/mol. The molecule has 0 aliphatic carbocycles. The predicted octanol–water partition coefficient (Wildman–Crippen LogP) is 2.53. The van der Waals surface area contributed by atoms with Crippen LogP contribution in [0.1, 0.15) is 43.4 Å². The quantitative estimate of drug-likeness (QED) is 0.839. The number of ether oxygens (including phenoxy) is 2. The number of urea groups is 1. The van der Waals surface area contributed by atoms with Gasteiger partial charge in [0, 0.05) is 38.3 Å². The lowest BCUT2D eigenvalue weighted by Gasteiger charge is -2.52. The monoisotopic (exact) mass is 357 g/mol. The van der Waals surface area contributed by atoms with Gasteiger partial charge in [0.15, 0.2) is 11.5 Å². The summed E-state index contributed by atoms with van der Waals surface area (Å²) in [6.45, 7) is 6.08. The lowest BCUT2D eigenvalue weighted by atomic mass is 9.76. The van der Waals surface area contributed by atoms with Gasteiger partial charge in [-0.2, -0.15) is 0 Å². The summed E-state index contributed by atoms with van der Waals surface area (Å²) in [6, 6.07) is 5.19. The molecule has 0 spiro atoms. The second-order valence-electron chi connectivity index (χ2n) is 7.90. The summed E-state index contributed by atoms with van der Waals surface area (Å²) in [5, 5.41) is 3.01. The smallest absolute Gasteiger partial charge is 0.317 e. The normalized spacial score (nSPS) is 29.6. The molecule has 4 aliphatic rings. The van der Waals surface area contributed by atoms with Gasteiger partial charge in [-0.15, -0.1) is 0 Å². The highest BCUT2D eigenvalue weighted by Crippen LogP contribution is 2.46. The molecule has 0 bridgehead atoms. The molecule has 0 radical (unpaired) electrons. The number of carbonyl (C=O) groups is 1. The molecule has 4 aliphatic heterocycles. The molecule has 3 atom stereocenters. The number of amides is 2. The summed E-state index contributed by atoms with van der Waals surface area (Å²) in [5.41, 5.74) is 2.76. The van der Waals surface area contributed by atoms with Crippen LogP contribution in [-0.2, 0) is 6.42 Å². The minimum Gasteiger partial charge on any atom is -0.454 e. The number of nitrogens with zero attached hydrogens (tertiary/aromatic N) is 2. The third-order valence-electron chi connectivity index (χ3n) is 6.54. The number of carbonyl (C=O) groups excluding carboxylic acids is 1. The highest BCUT2D eigenvalue weighted by molar-refractivity contribution is 5.74. The Morgan fingerprint density at radius 1 is 1.27 bits per heavy atom. The van der Waals surface area contributed by atoms with Crippen molar-refractivity contribution >= 4 is 6.03 Å². The van der Waals surface area contributed by atoms with Gasteiger partial charge in [0.1, 0.15) is 0 Å². The van der Waals surface area contributed by atoms with Crippen molar-refractivity contribution < 1.29 is 14.3 Å². The fourth-order valence-corrected chi connectivity index (χ4v) is 5.34. The molecule has 0 saturated carbocycles. The van der Waals surface area contributed by atoms with E-state index < -0.39 is 0 Å². The minimum atomic E-state index is 0.109. The van der Waals surface area contributed by atoms with E-state index >= 15 is 0 Å². The van der Waals surface area contributed by atoms with Gasteiger partial charge in [-0.3, -0.25) is 4.90 Å². The fraction of sp³-hybridized carbons (Fsp3) is 0.650. The SMILES string of the molecule is CCNC(=O)N1CCCC2CN3CCc4cc5c(cc4C3CC21)OCO5. The number of rotatable bonds is 1. The van der Waals surface area contributed by atoms with Crippen molar-refractivity contribution in [2.24, 2.45) is 5.92 Å². The molecule has 2 amide bonds. The van der Waals surface area contributed by atoms with Gasteiger partial charge in [0.25, 0.3) is 0 Å². The van der Waals surface area contributed by atoms with E-state index in [0.29, 0.717) is 31.3 Å². The molecule has 2 saturated heterocycles. The van der Waals surface area contributed by atoms with Gasteiger partial charge in [-0.05, 0) is 61.8 Å². The van der Waals surface area contributed by atoms with Gasteiger partial charge in [-0.25, -0.2) is 4.79 Å². The van der Waals surface area contributed by atoms with E-state index in [4.69, 9.17) is 9.47 Å². The largest absolute Gasteiger partial charge is 0.454 e. The molecule has 1 N–H and O–H groups in total. The van der Waals surface area contributed by atoms with E-state index in [2.05, 4.69) is 27.2 Å². The first kappa shape index (κ1) is 16.2. The van der Waals surface area contributed by atoms with E-state index in [-0.39, 0.29) is 6.03 Å². The zero-order valence-corrected chi connectivity index (χ0v) is 15.4. The average Bonchev–Trinajstić information content (AvgIpc) is 3.12. The van der Waals surface area contributed by atoms with Crippen LogP contribution in [0.15, 0.2) is 12.1 Å². The minimum absolute atomic E-state index is 0.109. The van der Waals surface area contributed by atoms with Crippen molar-refractivity contribution in [1.82, 2.24) is 15.1 Å². The Labute approximate surface area is 154 Å². The van der Waals surface area contributed by atoms with Crippen molar-refractivity contribution in [2.75, 3.05) is 33.0 Å². The standard InChI is InChI=1S/C20H27N3O3/c1-2-21-20(24)23-6-3-4-14-11-22-7-5-13-8-18-19(26-12-25-18)9-15(13)17(22)10-16(14)23/h8-9,14,16-17H,2-7,10-12H2,1H3,(H,21,24). The Balaban J connectivity index is 1.45. The number of hydrogen-bond acceptors (Lipinski definition) is 4. The Morgan fingerprint density at radius 2 is 2.12 bits per heavy atom.